The number of hydrogen-bond acceptors (Lipinski definition) is 4. The average molecular weight is 340 g/mol. The Bertz CT molecular complexity index is 794. The fourth-order valence-corrected chi connectivity index (χ4v) is 3.32. The van der Waals surface area contributed by atoms with Gasteiger partial charge in [-0.2, -0.15) is 0 Å². The van der Waals surface area contributed by atoms with Gasteiger partial charge in [-0.15, -0.1) is 11.3 Å². The number of hydrogen-bond donors (Lipinski definition) is 1. The molecule has 5 heteroatoms. The lowest BCUT2D eigenvalue weighted by atomic mass is 10.1. The van der Waals surface area contributed by atoms with Crippen LogP contribution in [0.2, 0.25) is 0 Å². The summed E-state index contributed by atoms with van der Waals surface area (Å²) in [6.07, 6.45) is 1.82. The molecule has 124 valence electrons. The number of aromatic nitrogens is 1. The maximum Gasteiger partial charge on any atom is 0.257 e. The molecule has 1 atom stereocenters. The minimum absolute atomic E-state index is 0.0724. The van der Waals surface area contributed by atoms with Gasteiger partial charge in [-0.05, 0) is 43.7 Å². The predicted molar refractivity (Wildman–Crippen MR) is 96.2 cm³/mol. The summed E-state index contributed by atoms with van der Waals surface area (Å²) in [6.45, 7) is 3.82. The topological polar surface area (TPSA) is 55.1 Å². The molecule has 0 bridgehead atoms. The third kappa shape index (κ3) is 3.74. The highest BCUT2D eigenvalue weighted by Gasteiger charge is 2.23. The number of nitrogens with one attached hydrogen (secondary N) is 1. The van der Waals surface area contributed by atoms with Gasteiger partial charge in [0.25, 0.3) is 5.91 Å². The molecule has 0 aliphatic carbocycles. The number of aryl methyl sites for hydroxylation is 2. The van der Waals surface area contributed by atoms with Gasteiger partial charge in [0.2, 0.25) is 0 Å². The molecule has 0 radical (unpaired) electrons. The van der Waals surface area contributed by atoms with Crippen LogP contribution in [0.5, 0.6) is 0 Å². The van der Waals surface area contributed by atoms with Crippen LogP contribution >= 0.6 is 11.3 Å². The predicted octanol–water partition coefficient (Wildman–Crippen LogP) is 4.46. The Balaban J connectivity index is 1.66. The van der Waals surface area contributed by atoms with Crippen molar-refractivity contribution in [2.75, 3.05) is 0 Å². The summed E-state index contributed by atoms with van der Waals surface area (Å²) in [4.78, 5) is 13.6. The van der Waals surface area contributed by atoms with E-state index in [1.807, 2.05) is 42.6 Å². The first-order valence-corrected chi connectivity index (χ1v) is 8.88. The van der Waals surface area contributed by atoms with E-state index in [2.05, 4.69) is 22.6 Å². The van der Waals surface area contributed by atoms with Crippen LogP contribution in [0.1, 0.15) is 35.0 Å². The van der Waals surface area contributed by atoms with Crippen molar-refractivity contribution in [3.8, 4) is 10.6 Å². The van der Waals surface area contributed by atoms with Crippen LogP contribution in [0.3, 0.4) is 0 Å². The molecular formula is C19H20N2O2S. The normalized spacial score (nSPS) is 12.1. The molecule has 24 heavy (non-hydrogen) atoms. The van der Waals surface area contributed by atoms with Crippen molar-refractivity contribution in [1.82, 2.24) is 10.5 Å². The molecule has 4 nitrogen and oxygen atoms in total. The minimum atomic E-state index is -0.127. The van der Waals surface area contributed by atoms with Crippen molar-refractivity contribution < 1.29 is 9.32 Å². The number of nitrogens with zero attached hydrogens (tertiary/aromatic N) is 1. The molecule has 1 N–H and O–H groups in total. The fraction of sp³-hybridized carbons (Fsp3) is 0.263. The largest absolute Gasteiger partial charge is 0.354 e. The standard InChI is InChI=1S/C19H20N2O2S/c1-13(10-11-15-7-4-3-5-8-15)20-19(22)17-14(2)21-23-18(17)16-9-6-12-24-16/h3-9,12-13H,10-11H2,1-2H3,(H,20,22). The lowest BCUT2D eigenvalue weighted by Gasteiger charge is -2.14. The van der Waals surface area contributed by atoms with Gasteiger partial charge < -0.3 is 9.84 Å². The van der Waals surface area contributed by atoms with Gasteiger partial charge in [0.05, 0.1) is 10.6 Å². The Labute approximate surface area is 145 Å². The van der Waals surface area contributed by atoms with Crippen molar-refractivity contribution in [1.29, 1.82) is 0 Å². The first-order chi connectivity index (χ1) is 11.6. The van der Waals surface area contributed by atoms with Crippen molar-refractivity contribution in [2.24, 2.45) is 0 Å². The maximum atomic E-state index is 12.7. The van der Waals surface area contributed by atoms with Gasteiger partial charge in [0, 0.05) is 6.04 Å². The SMILES string of the molecule is Cc1noc(-c2cccs2)c1C(=O)NC(C)CCc1ccccc1. The third-order valence-corrected chi connectivity index (χ3v) is 4.79. The van der Waals surface area contributed by atoms with Crippen molar-refractivity contribution in [2.45, 2.75) is 32.7 Å². The quantitative estimate of drug-likeness (QED) is 0.720. The van der Waals surface area contributed by atoms with Crippen LogP contribution in [0.4, 0.5) is 0 Å². The van der Waals surface area contributed by atoms with Crippen molar-refractivity contribution in [3.63, 3.8) is 0 Å². The molecule has 2 heterocycles. The monoisotopic (exact) mass is 340 g/mol. The summed E-state index contributed by atoms with van der Waals surface area (Å²) in [5.41, 5.74) is 2.43. The van der Waals surface area contributed by atoms with Crippen LogP contribution in [-0.2, 0) is 6.42 Å². The van der Waals surface area contributed by atoms with Crippen LogP contribution in [0, 0.1) is 6.92 Å². The molecule has 2 aromatic heterocycles. The van der Waals surface area contributed by atoms with Gasteiger partial charge in [-0.3, -0.25) is 4.79 Å². The summed E-state index contributed by atoms with van der Waals surface area (Å²) in [7, 11) is 0. The zero-order valence-corrected chi connectivity index (χ0v) is 14.6. The highest BCUT2D eigenvalue weighted by Crippen LogP contribution is 2.29. The highest BCUT2D eigenvalue weighted by atomic mass is 32.1. The summed E-state index contributed by atoms with van der Waals surface area (Å²) in [6, 6.07) is 14.2. The molecule has 0 aliphatic rings. The van der Waals surface area contributed by atoms with Crippen LogP contribution in [-0.4, -0.2) is 17.1 Å². The van der Waals surface area contributed by atoms with E-state index < -0.39 is 0 Å². The molecule has 0 fully saturated rings. The molecule has 1 aromatic carbocycles. The molecule has 0 saturated carbocycles. The molecule has 1 unspecified atom stereocenters. The zero-order valence-electron chi connectivity index (χ0n) is 13.8. The van der Waals surface area contributed by atoms with E-state index in [4.69, 9.17) is 4.52 Å². The smallest absolute Gasteiger partial charge is 0.257 e. The Kier molecular flexibility index (Phi) is 5.11. The number of carbonyl (C=O) groups excluding carboxylic acids is 1. The van der Waals surface area contributed by atoms with E-state index in [0.717, 1.165) is 17.7 Å². The average Bonchev–Trinajstić information content (AvgIpc) is 3.23. The Hall–Kier alpha value is -2.40. The van der Waals surface area contributed by atoms with E-state index >= 15 is 0 Å². The number of amides is 1. The second kappa shape index (κ2) is 7.45. The fourth-order valence-electron chi connectivity index (χ4n) is 2.61. The minimum Gasteiger partial charge on any atom is -0.354 e. The van der Waals surface area contributed by atoms with E-state index in [1.165, 1.54) is 16.9 Å². The van der Waals surface area contributed by atoms with Crippen molar-refractivity contribution >= 4 is 17.2 Å². The molecule has 3 rings (SSSR count). The Morgan fingerprint density at radius 3 is 2.75 bits per heavy atom. The summed E-state index contributed by atoms with van der Waals surface area (Å²) in [5, 5.41) is 8.98. The second-order valence-corrected chi connectivity index (χ2v) is 6.80. The first kappa shape index (κ1) is 16.5. The number of rotatable bonds is 6. The van der Waals surface area contributed by atoms with Crippen LogP contribution in [0.25, 0.3) is 10.6 Å². The van der Waals surface area contributed by atoms with Crippen molar-refractivity contribution in [3.05, 3.63) is 64.7 Å². The van der Waals surface area contributed by atoms with Crippen LogP contribution < -0.4 is 5.32 Å². The molecule has 3 aromatic rings. The van der Waals surface area contributed by atoms with E-state index in [-0.39, 0.29) is 11.9 Å². The number of thiophene rings is 1. The summed E-state index contributed by atoms with van der Waals surface area (Å²) >= 11 is 1.53. The van der Waals surface area contributed by atoms with E-state index in [9.17, 15) is 4.79 Å². The van der Waals surface area contributed by atoms with Gasteiger partial charge in [-0.1, -0.05) is 41.6 Å². The molecule has 0 aliphatic heterocycles. The van der Waals surface area contributed by atoms with Gasteiger partial charge in [0.1, 0.15) is 5.56 Å². The summed E-state index contributed by atoms with van der Waals surface area (Å²) in [5.74, 6) is 0.424. The molecule has 0 saturated heterocycles. The molecule has 0 spiro atoms. The number of carbonyl (C=O) groups is 1. The Morgan fingerprint density at radius 2 is 2.04 bits per heavy atom. The van der Waals surface area contributed by atoms with Gasteiger partial charge >= 0.3 is 0 Å². The molecular weight excluding hydrogens is 320 g/mol. The lowest BCUT2D eigenvalue weighted by molar-refractivity contribution is 0.0938. The first-order valence-electron chi connectivity index (χ1n) is 8.00. The highest BCUT2D eigenvalue weighted by molar-refractivity contribution is 7.13. The third-order valence-electron chi connectivity index (χ3n) is 3.92. The van der Waals surface area contributed by atoms with Crippen LogP contribution in [0.15, 0.2) is 52.4 Å². The number of benzene rings is 1. The van der Waals surface area contributed by atoms with E-state index in [0.29, 0.717) is 17.0 Å². The summed E-state index contributed by atoms with van der Waals surface area (Å²) < 4.78 is 5.37. The van der Waals surface area contributed by atoms with Gasteiger partial charge in [0.15, 0.2) is 5.76 Å². The Morgan fingerprint density at radius 1 is 1.25 bits per heavy atom. The zero-order chi connectivity index (χ0) is 16.9. The lowest BCUT2D eigenvalue weighted by Crippen LogP contribution is -2.33. The van der Waals surface area contributed by atoms with E-state index in [1.54, 1.807) is 6.92 Å². The maximum absolute atomic E-state index is 12.7. The van der Waals surface area contributed by atoms with Gasteiger partial charge in [-0.25, -0.2) is 0 Å². The molecule has 1 amide bonds. The second-order valence-electron chi connectivity index (χ2n) is 5.85.